The molecule has 0 aromatic heterocycles. The van der Waals surface area contributed by atoms with Crippen molar-refractivity contribution < 1.29 is 15.0 Å². The van der Waals surface area contributed by atoms with Crippen LogP contribution < -0.4 is 5.32 Å². The van der Waals surface area contributed by atoms with Crippen LogP contribution in [-0.2, 0) is 4.79 Å². The summed E-state index contributed by atoms with van der Waals surface area (Å²) in [5.41, 5.74) is -1.93. The topological polar surface area (TPSA) is 69.6 Å². The maximum atomic E-state index is 11.6. The van der Waals surface area contributed by atoms with Crippen molar-refractivity contribution in [3.63, 3.8) is 0 Å². The van der Waals surface area contributed by atoms with E-state index in [1.54, 1.807) is 11.8 Å². The standard InChI is InChI=1S/C11H19NO3S/c13-9(14)10(2-1-7-16-8-10)11(15)3-5-12-6-4-11/h12,15H,1-8H2,(H,13,14). The molecule has 5 heteroatoms. The van der Waals surface area contributed by atoms with Gasteiger partial charge in [-0.15, -0.1) is 0 Å². The summed E-state index contributed by atoms with van der Waals surface area (Å²) in [6.45, 7) is 1.44. The molecule has 0 radical (unpaired) electrons. The second-order valence-corrected chi connectivity index (χ2v) is 5.93. The fraction of sp³-hybridized carbons (Fsp3) is 0.909. The first-order valence-electron chi connectivity index (χ1n) is 5.85. The van der Waals surface area contributed by atoms with Crippen molar-refractivity contribution in [1.29, 1.82) is 0 Å². The van der Waals surface area contributed by atoms with Crippen molar-refractivity contribution in [2.75, 3.05) is 24.6 Å². The maximum absolute atomic E-state index is 11.6. The lowest BCUT2D eigenvalue weighted by atomic mass is 9.66. The van der Waals surface area contributed by atoms with Gasteiger partial charge in [0.2, 0.25) is 0 Å². The van der Waals surface area contributed by atoms with E-state index in [9.17, 15) is 15.0 Å². The Morgan fingerprint density at radius 2 is 1.94 bits per heavy atom. The average Bonchev–Trinajstić information content (AvgIpc) is 2.30. The number of carbonyl (C=O) groups is 1. The highest BCUT2D eigenvalue weighted by atomic mass is 32.2. The molecule has 1 unspecified atom stereocenters. The summed E-state index contributed by atoms with van der Waals surface area (Å²) in [4.78, 5) is 11.6. The number of rotatable bonds is 2. The summed E-state index contributed by atoms with van der Waals surface area (Å²) in [7, 11) is 0. The molecule has 2 fully saturated rings. The van der Waals surface area contributed by atoms with Crippen LogP contribution in [0.2, 0.25) is 0 Å². The van der Waals surface area contributed by atoms with Crippen LogP contribution in [0.4, 0.5) is 0 Å². The van der Waals surface area contributed by atoms with Gasteiger partial charge in [-0.3, -0.25) is 4.79 Å². The lowest BCUT2D eigenvalue weighted by molar-refractivity contribution is -0.171. The number of aliphatic carboxylic acids is 1. The zero-order chi connectivity index (χ0) is 11.6. The number of nitrogens with one attached hydrogen (secondary N) is 1. The maximum Gasteiger partial charge on any atom is 0.313 e. The molecule has 1 atom stereocenters. The molecule has 2 heterocycles. The number of piperidine rings is 1. The monoisotopic (exact) mass is 245 g/mol. The van der Waals surface area contributed by atoms with Crippen LogP contribution >= 0.6 is 11.8 Å². The van der Waals surface area contributed by atoms with E-state index in [2.05, 4.69) is 5.32 Å². The van der Waals surface area contributed by atoms with Crippen molar-refractivity contribution in [3.8, 4) is 0 Å². The van der Waals surface area contributed by atoms with E-state index in [1.165, 1.54) is 0 Å². The molecule has 2 rings (SSSR count). The number of hydrogen-bond acceptors (Lipinski definition) is 4. The normalized spacial score (nSPS) is 34.6. The van der Waals surface area contributed by atoms with Crippen LogP contribution in [-0.4, -0.2) is 46.4 Å². The zero-order valence-corrected chi connectivity index (χ0v) is 10.2. The SMILES string of the molecule is O=C(O)C1(C2(O)CCNCC2)CCCSC1. The minimum absolute atomic E-state index is 0.554. The largest absolute Gasteiger partial charge is 0.481 e. The van der Waals surface area contributed by atoms with Crippen LogP contribution in [0.15, 0.2) is 0 Å². The molecule has 0 bridgehead atoms. The van der Waals surface area contributed by atoms with Crippen LogP contribution in [0.25, 0.3) is 0 Å². The summed E-state index contributed by atoms with van der Waals surface area (Å²) >= 11 is 1.66. The highest BCUT2D eigenvalue weighted by Crippen LogP contribution is 2.47. The zero-order valence-electron chi connectivity index (χ0n) is 9.37. The van der Waals surface area contributed by atoms with Gasteiger partial charge >= 0.3 is 5.97 Å². The Morgan fingerprint density at radius 1 is 1.25 bits per heavy atom. The molecule has 16 heavy (non-hydrogen) atoms. The molecule has 3 N–H and O–H groups in total. The quantitative estimate of drug-likeness (QED) is 0.668. The molecule has 0 aromatic rings. The number of thioether (sulfide) groups is 1. The van der Waals surface area contributed by atoms with Crippen molar-refractivity contribution in [2.45, 2.75) is 31.3 Å². The number of aliphatic hydroxyl groups is 1. The Morgan fingerprint density at radius 3 is 2.44 bits per heavy atom. The molecule has 2 aliphatic heterocycles. The van der Waals surface area contributed by atoms with Gasteiger partial charge in [0.05, 0.1) is 5.60 Å². The van der Waals surface area contributed by atoms with E-state index in [4.69, 9.17) is 0 Å². The molecule has 2 aliphatic rings. The van der Waals surface area contributed by atoms with Crippen molar-refractivity contribution in [2.24, 2.45) is 5.41 Å². The third-order valence-corrected chi connectivity index (χ3v) is 5.25. The minimum Gasteiger partial charge on any atom is -0.481 e. The van der Waals surface area contributed by atoms with E-state index in [-0.39, 0.29) is 0 Å². The van der Waals surface area contributed by atoms with Crippen molar-refractivity contribution in [1.82, 2.24) is 5.32 Å². The van der Waals surface area contributed by atoms with Crippen LogP contribution in [0.5, 0.6) is 0 Å². The molecule has 0 aromatic carbocycles. The van der Waals surface area contributed by atoms with E-state index < -0.39 is 17.0 Å². The summed E-state index contributed by atoms with van der Waals surface area (Å²) in [5.74, 6) is 0.756. The summed E-state index contributed by atoms with van der Waals surface area (Å²) in [6.07, 6.45) is 2.62. The first kappa shape index (κ1) is 12.2. The smallest absolute Gasteiger partial charge is 0.313 e. The van der Waals surface area contributed by atoms with Gasteiger partial charge in [-0.2, -0.15) is 11.8 Å². The van der Waals surface area contributed by atoms with Gasteiger partial charge in [-0.05, 0) is 44.5 Å². The lowest BCUT2D eigenvalue weighted by Crippen LogP contribution is -2.60. The molecule has 92 valence electrons. The fourth-order valence-corrected chi connectivity index (χ4v) is 4.23. The molecular formula is C11H19NO3S. The summed E-state index contributed by atoms with van der Waals surface area (Å²) in [6, 6.07) is 0. The van der Waals surface area contributed by atoms with Gasteiger partial charge in [-0.25, -0.2) is 0 Å². The van der Waals surface area contributed by atoms with E-state index >= 15 is 0 Å². The average molecular weight is 245 g/mol. The number of carboxylic acid groups (broad SMARTS) is 1. The Balaban J connectivity index is 2.26. The Labute approximate surface area is 99.8 Å². The van der Waals surface area contributed by atoms with Crippen LogP contribution in [0.1, 0.15) is 25.7 Å². The highest BCUT2D eigenvalue weighted by molar-refractivity contribution is 7.99. The molecule has 2 saturated heterocycles. The molecule has 0 amide bonds. The van der Waals surface area contributed by atoms with Gasteiger partial charge in [0.1, 0.15) is 5.41 Å². The number of carboxylic acids is 1. The van der Waals surface area contributed by atoms with Gasteiger partial charge in [0, 0.05) is 5.75 Å². The Kier molecular flexibility index (Phi) is 3.47. The highest BCUT2D eigenvalue weighted by Gasteiger charge is 2.56. The lowest BCUT2D eigenvalue weighted by Gasteiger charge is -2.48. The van der Waals surface area contributed by atoms with E-state index in [0.717, 1.165) is 25.3 Å². The van der Waals surface area contributed by atoms with Crippen LogP contribution in [0.3, 0.4) is 0 Å². The second kappa shape index (κ2) is 4.55. The third kappa shape index (κ3) is 1.85. The van der Waals surface area contributed by atoms with Gasteiger partial charge in [0.25, 0.3) is 0 Å². The van der Waals surface area contributed by atoms with Crippen LogP contribution in [0, 0.1) is 5.41 Å². The first-order chi connectivity index (χ1) is 7.61. The Hall–Kier alpha value is -0.260. The molecule has 0 aliphatic carbocycles. The van der Waals surface area contributed by atoms with E-state index in [0.29, 0.717) is 25.0 Å². The first-order valence-corrected chi connectivity index (χ1v) is 7.00. The minimum atomic E-state index is -1.02. The summed E-state index contributed by atoms with van der Waals surface area (Å²) < 4.78 is 0. The fourth-order valence-electron chi connectivity index (χ4n) is 2.85. The van der Waals surface area contributed by atoms with Gasteiger partial charge in [0.15, 0.2) is 0 Å². The van der Waals surface area contributed by atoms with Crippen molar-refractivity contribution >= 4 is 17.7 Å². The molecular weight excluding hydrogens is 226 g/mol. The second-order valence-electron chi connectivity index (χ2n) is 4.82. The van der Waals surface area contributed by atoms with Gasteiger partial charge < -0.3 is 15.5 Å². The predicted molar refractivity (Wildman–Crippen MR) is 63.7 cm³/mol. The predicted octanol–water partition coefficient (Wildman–Crippen LogP) is 0.699. The Bertz CT molecular complexity index is 270. The number of hydrogen-bond donors (Lipinski definition) is 3. The van der Waals surface area contributed by atoms with Gasteiger partial charge in [-0.1, -0.05) is 0 Å². The summed E-state index contributed by atoms with van der Waals surface area (Å²) in [5, 5.41) is 23.4. The third-order valence-electron chi connectivity index (χ3n) is 3.97. The molecule has 0 saturated carbocycles. The molecule has 4 nitrogen and oxygen atoms in total. The van der Waals surface area contributed by atoms with E-state index in [1.807, 2.05) is 0 Å². The molecule has 0 spiro atoms. The van der Waals surface area contributed by atoms with Crippen molar-refractivity contribution in [3.05, 3.63) is 0 Å².